The zero-order valence-electron chi connectivity index (χ0n) is 22.4. The lowest BCUT2D eigenvalue weighted by atomic mass is 9.43. The van der Waals surface area contributed by atoms with E-state index in [0.717, 1.165) is 32.1 Å². The van der Waals surface area contributed by atoms with Gasteiger partial charge in [0.05, 0.1) is 24.7 Å². The fourth-order valence-corrected chi connectivity index (χ4v) is 9.36. The molecular weight excluding hydrogens is 476 g/mol. The van der Waals surface area contributed by atoms with Crippen molar-refractivity contribution in [1.82, 2.24) is 5.32 Å². The number of carboxylic acid groups (broad SMARTS) is 1. The number of amides is 2. The van der Waals surface area contributed by atoms with Crippen LogP contribution in [0.1, 0.15) is 85.0 Å². The number of hydrogen-bond acceptors (Lipinski definition) is 6. The largest absolute Gasteiger partial charge is 0.480 e. The van der Waals surface area contributed by atoms with Gasteiger partial charge >= 0.3 is 5.97 Å². The highest BCUT2D eigenvalue weighted by atomic mass is 16.4. The number of hydrogen-bond donors (Lipinski definition) is 6. The van der Waals surface area contributed by atoms with E-state index < -0.39 is 42.5 Å². The SMILES string of the molecule is CC(CCC(=O)NC(CC(N)=O)C(=O)O)C1CCC2C3C(O)CC4CC(O)CCC4(C)C3CC(O)C12C. The molecule has 2 amide bonds. The number of nitrogens with two attached hydrogens (primary N) is 1. The van der Waals surface area contributed by atoms with Crippen LogP contribution in [0.5, 0.6) is 0 Å². The third-order valence-electron chi connectivity index (χ3n) is 11.4. The van der Waals surface area contributed by atoms with E-state index in [2.05, 4.69) is 26.1 Å². The Morgan fingerprint density at radius 1 is 1.03 bits per heavy atom. The van der Waals surface area contributed by atoms with E-state index in [4.69, 9.17) is 5.73 Å². The maximum Gasteiger partial charge on any atom is 0.326 e. The molecule has 0 aromatic heterocycles. The molecule has 4 fully saturated rings. The molecule has 4 saturated carbocycles. The molecule has 0 heterocycles. The summed E-state index contributed by atoms with van der Waals surface area (Å²) in [6, 6.07) is -1.33. The number of primary amides is 1. The minimum Gasteiger partial charge on any atom is -0.480 e. The zero-order valence-corrected chi connectivity index (χ0v) is 22.4. The normalized spacial score (nSPS) is 44.6. The van der Waals surface area contributed by atoms with Gasteiger partial charge in [0.15, 0.2) is 0 Å². The second-order valence-electron chi connectivity index (χ2n) is 13.2. The minimum atomic E-state index is -1.33. The summed E-state index contributed by atoms with van der Waals surface area (Å²) in [5.74, 6) is -1.34. The van der Waals surface area contributed by atoms with Gasteiger partial charge in [-0.15, -0.1) is 0 Å². The van der Waals surface area contributed by atoms with Crippen molar-refractivity contribution in [3.8, 4) is 0 Å². The summed E-state index contributed by atoms with van der Waals surface area (Å²) in [4.78, 5) is 34.9. The van der Waals surface area contributed by atoms with Gasteiger partial charge in [-0.25, -0.2) is 4.79 Å². The standard InChI is InChI=1S/C28H46N2O7/c1-14(4-7-24(35)30-20(26(36)37)13-23(29)34)17-5-6-18-25-19(12-22(33)28(17,18)3)27(2)9-8-16(31)10-15(27)11-21(25)32/h14-22,25,31-33H,4-13H2,1-3H3,(H2,29,34)(H,30,35)(H,36,37). The Labute approximate surface area is 219 Å². The van der Waals surface area contributed by atoms with Crippen LogP contribution in [0.15, 0.2) is 0 Å². The summed E-state index contributed by atoms with van der Waals surface area (Å²) in [7, 11) is 0. The number of nitrogens with one attached hydrogen (secondary N) is 1. The number of carbonyl (C=O) groups excluding carboxylic acids is 2. The maximum atomic E-state index is 12.5. The Morgan fingerprint density at radius 3 is 2.38 bits per heavy atom. The van der Waals surface area contributed by atoms with Gasteiger partial charge in [-0.3, -0.25) is 9.59 Å². The minimum absolute atomic E-state index is 0.0266. The van der Waals surface area contributed by atoms with Crippen LogP contribution in [-0.2, 0) is 14.4 Å². The number of fused-ring (bicyclic) bond motifs is 5. The van der Waals surface area contributed by atoms with Gasteiger partial charge < -0.3 is 31.5 Å². The highest BCUT2D eigenvalue weighted by Gasteiger charge is 2.65. The molecule has 4 aliphatic rings. The first-order valence-electron chi connectivity index (χ1n) is 14.1. The molecule has 7 N–H and O–H groups in total. The summed E-state index contributed by atoms with van der Waals surface area (Å²) >= 11 is 0. The zero-order chi connectivity index (χ0) is 27.3. The van der Waals surface area contributed by atoms with Crippen LogP contribution in [-0.4, -0.2) is 62.6 Å². The average molecular weight is 523 g/mol. The van der Waals surface area contributed by atoms with Crippen molar-refractivity contribution in [2.24, 2.45) is 52.1 Å². The Kier molecular flexibility index (Phi) is 8.00. The molecule has 0 radical (unpaired) electrons. The molecule has 0 aromatic rings. The molecule has 12 unspecified atom stereocenters. The molecule has 4 aliphatic carbocycles. The maximum absolute atomic E-state index is 12.5. The van der Waals surface area contributed by atoms with E-state index in [-0.39, 0.29) is 58.9 Å². The van der Waals surface area contributed by atoms with Crippen LogP contribution in [0.3, 0.4) is 0 Å². The summed E-state index contributed by atoms with van der Waals surface area (Å²) in [6.07, 6.45) is 4.71. The van der Waals surface area contributed by atoms with Crippen LogP contribution in [0.4, 0.5) is 0 Å². The van der Waals surface area contributed by atoms with E-state index in [1.807, 2.05) is 0 Å². The van der Waals surface area contributed by atoms with Gasteiger partial charge in [-0.1, -0.05) is 20.8 Å². The summed E-state index contributed by atoms with van der Waals surface area (Å²) in [6.45, 7) is 6.59. The quantitative estimate of drug-likeness (QED) is 0.282. The monoisotopic (exact) mass is 522 g/mol. The van der Waals surface area contributed by atoms with Crippen LogP contribution in [0, 0.1) is 46.3 Å². The molecule has 9 nitrogen and oxygen atoms in total. The molecule has 12 atom stereocenters. The predicted molar refractivity (Wildman–Crippen MR) is 136 cm³/mol. The van der Waals surface area contributed by atoms with Gasteiger partial charge in [0.25, 0.3) is 0 Å². The van der Waals surface area contributed by atoms with Crippen molar-refractivity contribution < 1.29 is 34.8 Å². The van der Waals surface area contributed by atoms with Crippen molar-refractivity contribution in [3.63, 3.8) is 0 Å². The van der Waals surface area contributed by atoms with Gasteiger partial charge in [0.2, 0.25) is 11.8 Å². The van der Waals surface area contributed by atoms with Crippen LogP contribution < -0.4 is 11.1 Å². The number of aliphatic carboxylic acids is 1. The van der Waals surface area contributed by atoms with E-state index >= 15 is 0 Å². The lowest BCUT2D eigenvalue weighted by Gasteiger charge is -2.63. The van der Waals surface area contributed by atoms with Gasteiger partial charge in [-0.2, -0.15) is 0 Å². The number of aliphatic hydroxyl groups excluding tert-OH is 3. The second-order valence-corrected chi connectivity index (χ2v) is 13.2. The van der Waals surface area contributed by atoms with E-state index in [0.29, 0.717) is 19.3 Å². The predicted octanol–water partition coefficient (Wildman–Crippen LogP) is 1.81. The number of aliphatic hydroxyl groups is 3. The average Bonchev–Trinajstić information content (AvgIpc) is 3.17. The molecule has 0 aromatic carbocycles. The number of rotatable bonds is 8. The van der Waals surface area contributed by atoms with Gasteiger partial charge in [-0.05, 0) is 97.7 Å². The van der Waals surface area contributed by atoms with Crippen LogP contribution >= 0.6 is 0 Å². The van der Waals surface area contributed by atoms with Crippen molar-refractivity contribution in [2.45, 2.75) is 109 Å². The van der Waals surface area contributed by atoms with Crippen molar-refractivity contribution in [2.75, 3.05) is 0 Å². The first kappa shape index (κ1) is 28.3. The van der Waals surface area contributed by atoms with E-state index in [9.17, 15) is 34.8 Å². The summed E-state index contributed by atoms with van der Waals surface area (Å²) in [5.41, 5.74) is 4.77. The lowest BCUT2D eigenvalue weighted by molar-refractivity contribution is -0.207. The molecule has 0 aliphatic heterocycles. The molecule has 9 heteroatoms. The van der Waals surface area contributed by atoms with Crippen LogP contribution in [0.2, 0.25) is 0 Å². The number of carbonyl (C=O) groups is 3. The number of carboxylic acids is 1. The molecule has 4 rings (SSSR count). The van der Waals surface area contributed by atoms with Crippen molar-refractivity contribution >= 4 is 17.8 Å². The topological polar surface area (TPSA) is 170 Å². The lowest BCUT2D eigenvalue weighted by Crippen LogP contribution is -2.62. The fourth-order valence-electron chi connectivity index (χ4n) is 9.36. The Hall–Kier alpha value is -1.71. The highest BCUT2D eigenvalue weighted by molar-refractivity contribution is 5.88. The molecule has 0 saturated heterocycles. The Morgan fingerprint density at radius 2 is 1.73 bits per heavy atom. The molecule has 0 bridgehead atoms. The van der Waals surface area contributed by atoms with Gasteiger partial charge in [0, 0.05) is 6.42 Å². The third kappa shape index (κ3) is 5.03. The van der Waals surface area contributed by atoms with E-state index in [1.54, 1.807) is 0 Å². The van der Waals surface area contributed by atoms with E-state index in [1.165, 1.54) is 0 Å². The van der Waals surface area contributed by atoms with Crippen LogP contribution in [0.25, 0.3) is 0 Å². The molecular formula is C28H46N2O7. The van der Waals surface area contributed by atoms with Crippen molar-refractivity contribution in [1.29, 1.82) is 0 Å². The second kappa shape index (κ2) is 10.5. The third-order valence-corrected chi connectivity index (χ3v) is 11.4. The fraction of sp³-hybridized carbons (Fsp3) is 0.893. The first-order chi connectivity index (χ1) is 17.3. The summed E-state index contributed by atoms with van der Waals surface area (Å²) < 4.78 is 0. The van der Waals surface area contributed by atoms with Crippen molar-refractivity contribution in [3.05, 3.63) is 0 Å². The van der Waals surface area contributed by atoms with Gasteiger partial charge in [0.1, 0.15) is 6.04 Å². The summed E-state index contributed by atoms with van der Waals surface area (Å²) in [5, 5.41) is 45.0. The molecule has 210 valence electrons. The Bertz CT molecular complexity index is 898. The smallest absolute Gasteiger partial charge is 0.326 e. The molecule has 0 spiro atoms. The highest BCUT2D eigenvalue weighted by Crippen LogP contribution is 2.68. The molecule has 37 heavy (non-hydrogen) atoms. The first-order valence-corrected chi connectivity index (χ1v) is 14.1. The Balaban J connectivity index is 1.44.